The molecular formula is C18H22N2O5. The quantitative estimate of drug-likeness (QED) is 0.358. The minimum Gasteiger partial charge on any atom is -0.466 e. The molecule has 2 rings (SSSR count). The van der Waals surface area contributed by atoms with E-state index in [1.807, 2.05) is 0 Å². The number of aromatic nitrogens is 1. The van der Waals surface area contributed by atoms with E-state index in [0.29, 0.717) is 0 Å². The number of hydrogen-bond acceptors (Lipinski definition) is 6. The molecule has 0 radical (unpaired) electrons. The van der Waals surface area contributed by atoms with Crippen molar-refractivity contribution in [3.63, 3.8) is 0 Å². The summed E-state index contributed by atoms with van der Waals surface area (Å²) in [5.74, 6) is -1.37. The number of esters is 2. The maximum Gasteiger partial charge on any atom is 0.341 e. The van der Waals surface area contributed by atoms with Gasteiger partial charge >= 0.3 is 11.9 Å². The minimum atomic E-state index is -0.754. The Bertz CT molecular complexity index is 742. The lowest BCUT2D eigenvalue weighted by Gasteiger charge is -2.20. The van der Waals surface area contributed by atoms with Gasteiger partial charge in [0, 0.05) is 18.3 Å². The van der Waals surface area contributed by atoms with E-state index in [-0.39, 0.29) is 23.0 Å². The smallest absolute Gasteiger partial charge is 0.341 e. The van der Waals surface area contributed by atoms with Crippen molar-refractivity contribution in [3.05, 3.63) is 46.4 Å². The van der Waals surface area contributed by atoms with Gasteiger partial charge in [0.05, 0.1) is 20.3 Å². The summed E-state index contributed by atoms with van der Waals surface area (Å²) in [7, 11) is 2.42. The van der Waals surface area contributed by atoms with Gasteiger partial charge in [0.2, 0.25) is 0 Å². The zero-order valence-corrected chi connectivity index (χ0v) is 14.4. The highest BCUT2D eigenvalue weighted by molar-refractivity contribution is 6.22. The Hall–Kier alpha value is -2.70. The van der Waals surface area contributed by atoms with Gasteiger partial charge in [0.25, 0.3) is 5.56 Å². The Kier molecular flexibility index (Phi) is 6.68. The Morgan fingerprint density at radius 3 is 2.48 bits per heavy atom. The number of hydrogen-bond donors (Lipinski definition) is 0. The Morgan fingerprint density at radius 1 is 1.16 bits per heavy atom. The molecule has 0 amide bonds. The number of carbonyl (C=O) groups is 2. The molecule has 1 heterocycles. The van der Waals surface area contributed by atoms with Crippen molar-refractivity contribution in [3.8, 4) is 0 Å². The summed E-state index contributed by atoms with van der Waals surface area (Å²) >= 11 is 0. The average Bonchev–Trinajstić information content (AvgIpc) is 2.65. The molecule has 7 heteroatoms. The van der Waals surface area contributed by atoms with Crippen LogP contribution in [-0.2, 0) is 19.1 Å². The van der Waals surface area contributed by atoms with Crippen LogP contribution in [0.4, 0.5) is 0 Å². The van der Waals surface area contributed by atoms with E-state index >= 15 is 0 Å². The number of aliphatic imine (C=N–C) groups is 1. The van der Waals surface area contributed by atoms with E-state index in [1.54, 1.807) is 12.1 Å². The third kappa shape index (κ3) is 4.89. The summed E-state index contributed by atoms with van der Waals surface area (Å²) in [5.41, 5.74) is -0.454. The first kappa shape index (κ1) is 18.6. The summed E-state index contributed by atoms with van der Waals surface area (Å²) in [5, 5.41) is 0. The van der Waals surface area contributed by atoms with Crippen LogP contribution in [0.5, 0.6) is 0 Å². The largest absolute Gasteiger partial charge is 0.466 e. The third-order valence-electron chi connectivity index (χ3n) is 4.04. The first-order chi connectivity index (χ1) is 12.1. The molecule has 0 N–H and O–H groups in total. The second-order valence-corrected chi connectivity index (χ2v) is 5.73. The molecule has 1 aromatic rings. The van der Waals surface area contributed by atoms with Crippen molar-refractivity contribution < 1.29 is 19.1 Å². The average molecular weight is 346 g/mol. The van der Waals surface area contributed by atoms with E-state index in [1.165, 1.54) is 31.0 Å². The van der Waals surface area contributed by atoms with Crippen molar-refractivity contribution in [1.82, 2.24) is 4.57 Å². The molecule has 0 aliphatic heterocycles. The van der Waals surface area contributed by atoms with Gasteiger partial charge in [-0.05, 0) is 18.9 Å². The van der Waals surface area contributed by atoms with Crippen molar-refractivity contribution in [2.45, 2.75) is 38.1 Å². The number of carbonyl (C=O) groups excluding carboxylic acids is 2. The van der Waals surface area contributed by atoms with Crippen LogP contribution in [0.3, 0.4) is 0 Å². The van der Waals surface area contributed by atoms with Crippen molar-refractivity contribution >= 4 is 17.8 Å². The summed E-state index contributed by atoms with van der Waals surface area (Å²) in [6, 6.07) is 4.61. The minimum absolute atomic E-state index is 0.0124. The molecule has 0 atom stereocenters. The van der Waals surface area contributed by atoms with Crippen molar-refractivity contribution in [1.29, 1.82) is 0 Å². The molecule has 7 nitrogen and oxygen atoms in total. The monoisotopic (exact) mass is 346 g/mol. The number of ether oxygens (including phenoxy) is 2. The normalized spacial score (nSPS) is 16.4. The van der Waals surface area contributed by atoms with E-state index in [9.17, 15) is 14.4 Å². The van der Waals surface area contributed by atoms with Crippen LogP contribution in [0.2, 0.25) is 0 Å². The molecule has 1 aromatic heterocycles. The summed E-state index contributed by atoms with van der Waals surface area (Å²) in [6.45, 7) is 0. The SMILES string of the molecule is COC(=O)/C=C(/C(=O)OC)C(=NC1CCCCC1)n1ccccc1=O. The van der Waals surface area contributed by atoms with Gasteiger partial charge in [-0.15, -0.1) is 0 Å². The van der Waals surface area contributed by atoms with E-state index in [4.69, 9.17) is 4.74 Å². The highest BCUT2D eigenvalue weighted by Gasteiger charge is 2.23. The number of methoxy groups -OCH3 is 2. The topological polar surface area (TPSA) is 87.0 Å². The van der Waals surface area contributed by atoms with E-state index < -0.39 is 11.9 Å². The number of rotatable bonds is 4. The Balaban J connectivity index is 2.59. The fraction of sp³-hybridized carbons (Fsp3) is 0.444. The fourth-order valence-electron chi connectivity index (χ4n) is 2.75. The highest BCUT2D eigenvalue weighted by Crippen LogP contribution is 2.21. The predicted octanol–water partition coefficient (Wildman–Crippen LogP) is 1.70. The van der Waals surface area contributed by atoms with Gasteiger partial charge in [0.1, 0.15) is 11.4 Å². The molecule has 0 aromatic carbocycles. The zero-order valence-electron chi connectivity index (χ0n) is 14.4. The van der Waals surface area contributed by atoms with Crippen LogP contribution >= 0.6 is 0 Å². The lowest BCUT2D eigenvalue weighted by molar-refractivity contribution is -0.138. The second-order valence-electron chi connectivity index (χ2n) is 5.73. The van der Waals surface area contributed by atoms with Crippen LogP contribution in [0.25, 0.3) is 0 Å². The maximum atomic E-state index is 12.3. The first-order valence-electron chi connectivity index (χ1n) is 8.21. The predicted molar refractivity (Wildman–Crippen MR) is 92.5 cm³/mol. The molecule has 134 valence electrons. The molecule has 1 fully saturated rings. The molecular weight excluding hydrogens is 324 g/mol. The van der Waals surface area contributed by atoms with Gasteiger partial charge in [-0.1, -0.05) is 25.3 Å². The molecule has 0 saturated heterocycles. The van der Waals surface area contributed by atoms with Gasteiger partial charge in [-0.25, -0.2) is 9.59 Å². The van der Waals surface area contributed by atoms with Gasteiger partial charge in [0.15, 0.2) is 0 Å². The lowest BCUT2D eigenvalue weighted by atomic mass is 9.96. The van der Waals surface area contributed by atoms with Crippen LogP contribution in [-0.4, -0.2) is 42.6 Å². The van der Waals surface area contributed by atoms with E-state index in [2.05, 4.69) is 9.73 Å². The van der Waals surface area contributed by atoms with Crippen molar-refractivity contribution in [2.75, 3.05) is 14.2 Å². The molecule has 1 aliphatic carbocycles. The first-order valence-corrected chi connectivity index (χ1v) is 8.21. The Morgan fingerprint density at radius 2 is 1.88 bits per heavy atom. The van der Waals surface area contributed by atoms with Crippen LogP contribution in [0, 0.1) is 0 Å². The standard InChI is InChI=1S/C18H22N2O5/c1-24-16(22)12-14(18(23)25-2)17(19-13-8-4-3-5-9-13)20-11-7-6-10-15(20)21/h6-7,10-13H,3-5,8-9H2,1-2H3/b14-12+,19-17?. The molecule has 1 aliphatic rings. The molecule has 1 saturated carbocycles. The summed E-state index contributed by atoms with van der Waals surface area (Å²) in [6.07, 6.45) is 7.49. The van der Waals surface area contributed by atoms with E-state index in [0.717, 1.165) is 38.2 Å². The lowest BCUT2D eigenvalue weighted by Crippen LogP contribution is -2.32. The van der Waals surface area contributed by atoms with Gasteiger partial charge < -0.3 is 9.47 Å². The van der Waals surface area contributed by atoms with Crippen molar-refractivity contribution in [2.24, 2.45) is 4.99 Å². The van der Waals surface area contributed by atoms with Crippen LogP contribution < -0.4 is 5.56 Å². The van der Waals surface area contributed by atoms with Gasteiger partial charge in [-0.2, -0.15) is 0 Å². The summed E-state index contributed by atoms with van der Waals surface area (Å²) in [4.78, 5) is 40.8. The second kappa shape index (κ2) is 8.96. The maximum absolute atomic E-state index is 12.3. The summed E-state index contributed by atoms with van der Waals surface area (Å²) < 4.78 is 10.6. The number of nitrogens with zero attached hydrogens (tertiary/aromatic N) is 2. The molecule has 0 bridgehead atoms. The highest BCUT2D eigenvalue weighted by atomic mass is 16.5. The third-order valence-corrected chi connectivity index (χ3v) is 4.04. The Labute approximate surface area is 146 Å². The fourth-order valence-corrected chi connectivity index (χ4v) is 2.75. The van der Waals surface area contributed by atoms with Crippen LogP contribution in [0.1, 0.15) is 32.1 Å². The molecule has 25 heavy (non-hydrogen) atoms. The van der Waals surface area contributed by atoms with Crippen LogP contribution in [0.15, 0.2) is 45.8 Å². The molecule has 0 unspecified atom stereocenters. The molecule has 0 spiro atoms. The number of pyridine rings is 1. The van der Waals surface area contributed by atoms with Gasteiger partial charge in [-0.3, -0.25) is 14.4 Å². The zero-order chi connectivity index (χ0) is 18.2.